The van der Waals surface area contributed by atoms with Crippen molar-refractivity contribution in [2.75, 3.05) is 6.61 Å². The summed E-state index contributed by atoms with van der Waals surface area (Å²) in [5, 5.41) is 0. The third-order valence-corrected chi connectivity index (χ3v) is 5.73. The fraction of sp³-hybridized carbons (Fsp3) is 0.214. The number of para-hydroxylation sites is 2. The fourth-order valence-electron chi connectivity index (χ4n) is 4.23. The molecule has 0 atom stereocenters. The summed E-state index contributed by atoms with van der Waals surface area (Å²) in [7, 11) is 0. The normalized spacial score (nSPS) is 10.9. The second-order valence-electron chi connectivity index (χ2n) is 8.44. The van der Waals surface area contributed by atoms with E-state index < -0.39 is 11.7 Å². The lowest BCUT2D eigenvalue weighted by Crippen LogP contribution is -2.24. The van der Waals surface area contributed by atoms with E-state index in [-0.39, 0.29) is 23.8 Å². The number of nitrogens with two attached hydrogens (primary N) is 1. The number of primary amides is 1. The molecule has 0 bridgehead atoms. The van der Waals surface area contributed by atoms with Crippen LogP contribution in [0.5, 0.6) is 17.4 Å². The number of hydrogen-bond donors (Lipinski definition) is 1. The number of aryl methyl sites for hydroxylation is 1. The highest BCUT2D eigenvalue weighted by molar-refractivity contribution is 6.44. The summed E-state index contributed by atoms with van der Waals surface area (Å²) in [6.07, 6.45) is 2.64. The molecular formula is C28H27N3O5. The smallest absolute Gasteiger partial charge is 0.289 e. The molecule has 8 heteroatoms. The number of aromatic nitrogens is 2. The Hall–Kier alpha value is -4.46. The van der Waals surface area contributed by atoms with Gasteiger partial charge in [0.05, 0.1) is 11.3 Å². The summed E-state index contributed by atoms with van der Waals surface area (Å²) in [6.45, 7) is 4.87. The number of ketones is 2. The van der Waals surface area contributed by atoms with Crippen LogP contribution in [0.15, 0.2) is 60.8 Å². The largest absolute Gasteiger partial charge is 0.468 e. The maximum Gasteiger partial charge on any atom is 0.289 e. The van der Waals surface area contributed by atoms with Crippen LogP contribution < -0.4 is 15.2 Å². The van der Waals surface area contributed by atoms with Gasteiger partial charge in [-0.3, -0.25) is 14.4 Å². The summed E-state index contributed by atoms with van der Waals surface area (Å²) in [6, 6.07) is 17.1. The SMILES string of the molecule is CCc1c(C(=O)C(N)=O)c2c(OCC(C)=O)nc(C)cn2c1Cc1ccccc1Oc1ccccc1. The van der Waals surface area contributed by atoms with Crippen LogP contribution in [-0.2, 0) is 22.4 Å². The average Bonchev–Trinajstić information content (AvgIpc) is 3.16. The first-order valence-corrected chi connectivity index (χ1v) is 11.6. The van der Waals surface area contributed by atoms with Gasteiger partial charge < -0.3 is 19.6 Å². The number of rotatable bonds is 10. The Morgan fingerprint density at radius 3 is 2.39 bits per heavy atom. The van der Waals surface area contributed by atoms with Crippen LogP contribution in [0, 0.1) is 6.92 Å². The Kier molecular flexibility index (Phi) is 7.15. The lowest BCUT2D eigenvalue weighted by molar-refractivity contribution is -0.119. The van der Waals surface area contributed by atoms with Crippen LogP contribution in [0.25, 0.3) is 5.52 Å². The van der Waals surface area contributed by atoms with Crippen molar-refractivity contribution >= 4 is 23.0 Å². The lowest BCUT2D eigenvalue weighted by Gasteiger charge is -2.13. The standard InChI is InChI=1S/C28H27N3O5/c1-4-21-22(14-19-10-8-9-13-23(19)36-20-11-6-5-7-12-20)31-15-17(2)30-28(35-16-18(3)32)25(31)24(21)26(33)27(29)34/h5-13,15H,4,14,16H2,1-3H3,(H2,29,34). The van der Waals surface area contributed by atoms with E-state index >= 15 is 0 Å². The molecule has 0 aliphatic carbocycles. The molecule has 36 heavy (non-hydrogen) atoms. The molecule has 0 aliphatic heterocycles. The van der Waals surface area contributed by atoms with Crippen molar-refractivity contribution in [3.05, 3.63) is 88.9 Å². The summed E-state index contributed by atoms with van der Waals surface area (Å²) in [5.41, 5.74) is 8.83. The molecule has 0 saturated carbocycles. The first-order valence-electron chi connectivity index (χ1n) is 11.6. The zero-order chi connectivity index (χ0) is 25.8. The van der Waals surface area contributed by atoms with Gasteiger partial charge in [-0.1, -0.05) is 43.3 Å². The quantitative estimate of drug-likeness (QED) is 0.266. The van der Waals surface area contributed by atoms with Gasteiger partial charge in [0, 0.05) is 23.9 Å². The molecule has 4 aromatic rings. The molecule has 2 N–H and O–H groups in total. The lowest BCUT2D eigenvalue weighted by atomic mass is 9.99. The van der Waals surface area contributed by atoms with E-state index in [1.54, 1.807) is 13.1 Å². The summed E-state index contributed by atoms with van der Waals surface area (Å²) >= 11 is 0. The molecule has 0 saturated heterocycles. The van der Waals surface area contributed by atoms with E-state index in [1.165, 1.54) is 6.92 Å². The van der Waals surface area contributed by atoms with Gasteiger partial charge in [-0.2, -0.15) is 0 Å². The van der Waals surface area contributed by atoms with E-state index in [1.807, 2.05) is 65.9 Å². The van der Waals surface area contributed by atoms with E-state index in [0.29, 0.717) is 41.1 Å². The first-order chi connectivity index (χ1) is 17.3. The van der Waals surface area contributed by atoms with Gasteiger partial charge >= 0.3 is 0 Å². The highest BCUT2D eigenvalue weighted by Gasteiger charge is 2.29. The van der Waals surface area contributed by atoms with Crippen LogP contribution in [-0.4, -0.2) is 33.5 Å². The average molecular weight is 486 g/mol. The van der Waals surface area contributed by atoms with Crippen LogP contribution in [0.4, 0.5) is 0 Å². The fourth-order valence-corrected chi connectivity index (χ4v) is 4.23. The summed E-state index contributed by atoms with van der Waals surface area (Å²) < 4.78 is 13.6. The molecular weight excluding hydrogens is 458 g/mol. The highest BCUT2D eigenvalue weighted by atomic mass is 16.5. The molecule has 8 nitrogen and oxygen atoms in total. The van der Waals surface area contributed by atoms with E-state index in [4.69, 9.17) is 15.2 Å². The van der Waals surface area contributed by atoms with Gasteiger partial charge in [-0.25, -0.2) is 4.98 Å². The molecule has 4 rings (SSSR count). The van der Waals surface area contributed by atoms with Gasteiger partial charge in [-0.15, -0.1) is 0 Å². The molecule has 2 aromatic carbocycles. The topological polar surface area (TPSA) is 113 Å². The van der Waals surface area contributed by atoms with Crippen LogP contribution in [0.2, 0.25) is 0 Å². The molecule has 0 spiro atoms. The van der Waals surface area contributed by atoms with Crippen molar-refractivity contribution in [3.8, 4) is 17.4 Å². The number of fused-ring (bicyclic) bond motifs is 1. The van der Waals surface area contributed by atoms with Gasteiger partial charge in [0.2, 0.25) is 5.88 Å². The highest BCUT2D eigenvalue weighted by Crippen LogP contribution is 2.35. The summed E-state index contributed by atoms with van der Waals surface area (Å²) in [5.74, 6) is -0.636. The van der Waals surface area contributed by atoms with E-state index in [2.05, 4.69) is 4.98 Å². The van der Waals surface area contributed by atoms with Gasteiger partial charge in [0.25, 0.3) is 11.7 Å². The zero-order valence-corrected chi connectivity index (χ0v) is 20.4. The molecule has 2 aromatic heterocycles. The van der Waals surface area contributed by atoms with Crippen LogP contribution in [0.3, 0.4) is 0 Å². The van der Waals surface area contributed by atoms with Crippen molar-refractivity contribution in [1.29, 1.82) is 0 Å². The molecule has 0 aliphatic rings. The number of benzene rings is 2. The Bertz CT molecular complexity index is 1460. The zero-order valence-electron chi connectivity index (χ0n) is 20.4. The van der Waals surface area contributed by atoms with Crippen molar-refractivity contribution in [2.24, 2.45) is 5.73 Å². The van der Waals surface area contributed by atoms with Crippen molar-refractivity contribution < 1.29 is 23.9 Å². The molecule has 0 radical (unpaired) electrons. The minimum absolute atomic E-state index is 0.101. The number of carbonyl (C=O) groups is 3. The number of Topliss-reactive ketones (excluding diaryl/α,β-unsaturated/α-hetero) is 2. The number of hydrogen-bond acceptors (Lipinski definition) is 6. The number of carbonyl (C=O) groups excluding carboxylic acids is 3. The van der Waals surface area contributed by atoms with Gasteiger partial charge in [0.1, 0.15) is 23.6 Å². The Morgan fingerprint density at radius 1 is 1.03 bits per heavy atom. The third kappa shape index (κ3) is 4.98. The van der Waals surface area contributed by atoms with Crippen LogP contribution >= 0.6 is 0 Å². The maximum absolute atomic E-state index is 13.0. The predicted octanol–water partition coefficient (Wildman–Crippen LogP) is 4.22. The van der Waals surface area contributed by atoms with Crippen molar-refractivity contribution in [1.82, 2.24) is 9.38 Å². The summed E-state index contributed by atoms with van der Waals surface area (Å²) in [4.78, 5) is 41.1. The second kappa shape index (κ2) is 10.4. The van der Waals surface area contributed by atoms with E-state index in [0.717, 1.165) is 11.3 Å². The predicted molar refractivity (Wildman–Crippen MR) is 135 cm³/mol. The first kappa shape index (κ1) is 24.7. The Labute approximate surface area is 208 Å². The van der Waals surface area contributed by atoms with Crippen molar-refractivity contribution in [2.45, 2.75) is 33.6 Å². The monoisotopic (exact) mass is 485 g/mol. The van der Waals surface area contributed by atoms with Gasteiger partial charge in [0.15, 0.2) is 5.78 Å². The van der Waals surface area contributed by atoms with Crippen molar-refractivity contribution in [3.63, 3.8) is 0 Å². The third-order valence-electron chi connectivity index (χ3n) is 5.73. The number of nitrogens with zero attached hydrogens (tertiary/aromatic N) is 2. The van der Waals surface area contributed by atoms with Gasteiger partial charge in [-0.05, 0) is 44.0 Å². The Morgan fingerprint density at radius 2 is 1.72 bits per heavy atom. The maximum atomic E-state index is 13.0. The van der Waals surface area contributed by atoms with Crippen LogP contribution in [0.1, 0.15) is 46.7 Å². The van der Waals surface area contributed by atoms with E-state index in [9.17, 15) is 14.4 Å². The molecule has 2 heterocycles. The molecule has 0 unspecified atom stereocenters. The second-order valence-corrected chi connectivity index (χ2v) is 8.44. The Balaban J connectivity index is 1.91. The number of amides is 1. The molecule has 1 amide bonds. The minimum Gasteiger partial charge on any atom is -0.468 e. The molecule has 184 valence electrons. The molecule has 0 fully saturated rings. The number of ether oxygens (including phenoxy) is 2. The minimum atomic E-state index is -1.07.